The molecule has 0 aliphatic carbocycles. The molecule has 0 saturated heterocycles. The van der Waals surface area contributed by atoms with Gasteiger partial charge in [0, 0.05) is 13.0 Å². The van der Waals surface area contributed by atoms with Crippen molar-refractivity contribution in [3.8, 4) is 0 Å². The largest absolute Gasteiger partial charge is 0.365 e. The molecule has 20 heavy (non-hydrogen) atoms. The predicted molar refractivity (Wildman–Crippen MR) is 76.5 cm³/mol. The van der Waals surface area contributed by atoms with Gasteiger partial charge in [0.1, 0.15) is 5.57 Å². The molecule has 1 unspecified atom stereocenters. The van der Waals surface area contributed by atoms with Gasteiger partial charge in [-0.1, -0.05) is 33.1 Å². The van der Waals surface area contributed by atoms with Crippen LogP contribution in [0.5, 0.6) is 0 Å². The van der Waals surface area contributed by atoms with Crippen molar-refractivity contribution in [1.29, 1.82) is 0 Å². The highest BCUT2D eigenvalue weighted by Crippen LogP contribution is 2.23. The fourth-order valence-corrected chi connectivity index (χ4v) is 2.52. The second-order valence-electron chi connectivity index (χ2n) is 5.42. The number of nitrogens with zero attached hydrogens (tertiary/aromatic N) is 1. The van der Waals surface area contributed by atoms with Crippen molar-refractivity contribution >= 4 is 17.7 Å². The maximum Gasteiger partial charge on any atom is 0.266 e. The molecule has 0 bridgehead atoms. The SMILES string of the molecule is CCCCC(CC)CN1C(=O)CC(C)=C(C(N)=O)C1=O. The van der Waals surface area contributed by atoms with E-state index in [1.54, 1.807) is 6.92 Å². The first-order chi connectivity index (χ1) is 9.42. The molecule has 0 aromatic rings. The van der Waals surface area contributed by atoms with Gasteiger partial charge >= 0.3 is 0 Å². The first kappa shape index (κ1) is 16.4. The molecule has 0 radical (unpaired) electrons. The molecule has 0 aromatic carbocycles. The van der Waals surface area contributed by atoms with Gasteiger partial charge in [-0.15, -0.1) is 0 Å². The minimum absolute atomic E-state index is 0.0186. The molecule has 1 atom stereocenters. The number of rotatable bonds is 7. The number of carbonyl (C=O) groups excluding carboxylic acids is 3. The van der Waals surface area contributed by atoms with Crippen molar-refractivity contribution in [3.05, 3.63) is 11.1 Å². The number of amides is 3. The summed E-state index contributed by atoms with van der Waals surface area (Å²) in [5.41, 5.74) is 5.70. The number of hydrogen-bond donors (Lipinski definition) is 1. The van der Waals surface area contributed by atoms with E-state index in [4.69, 9.17) is 5.73 Å². The van der Waals surface area contributed by atoms with E-state index >= 15 is 0 Å². The highest BCUT2D eigenvalue weighted by molar-refractivity contribution is 6.23. The summed E-state index contributed by atoms with van der Waals surface area (Å²) in [5.74, 6) is -1.21. The molecule has 1 aliphatic rings. The van der Waals surface area contributed by atoms with Gasteiger partial charge in [0.25, 0.3) is 11.8 Å². The summed E-state index contributed by atoms with van der Waals surface area (Å²) in [6.45, 7) is 6.16. The van der Waals surface area contributed by atoms with E-state index in [1.807, 2.05) is 0 Å². The van der Waals surface area contributed by atoms with Crippen molar-refractivity contribution in [2.45, 2.75) is 52.9 Å². The molecule has 5 nitrogen and oxygen atoms in total. The average Bonchev–Trinajstić information content (AvgIpc) is 2.37. The molecule has 0 aromatic heterocycles. The zero-order valence-corrected chi connectivity index (χ0v) is 12.6. The highest BCUT2D eigenvalue weighted by atomic mass is 16.2. The summed E-state index contributed by atoms with van der Waals surface area (Å²) in [5, 5.41) is 0. The first-order valence-electron chi connectivity index (χ1n) is 7.26. The number of nitrogens with two attached hydrogens (primary N) is 1. The summed E-state index contributed by atoms with van der Waals surface area (Å²) in [6, 6.07) is 0. The molecule has 0 saturated carbocycles. The van der Waals surface area contributed by atoms with Crippen LogP contribution in [0.3, 0.4) is 0 Å². The Kier molecular flexibility index (Phi) is 5.92. The normalized spacial score (nSPS) is 17.6. The minimum atomic E-state index is -0.744. The van der Waals surface area contributed by atoms with E-state index in [-0.39, 0.29) is 23.8 Å². The van der Waals surface area contributed by atoms with Crippen LogP contribution in [0.15, 0.2) is 11.1 Å². The van der Waals surface area contributed by atoms with Crippen LogP contribution >= 0.6 is 0 Å². The lowest BCUT2D eigenvalue weighted by atomic mass is 9.95. The second-order valence-corrected chi connectivity index (χ2v) is 5.42. The van der Waals surface area contributed by atoms with Crippen LogP contribution in [-0.2, 0) is 14.4 Å². The Labute approximate surface area is 120 Å². The van der Waals surface area contributed by atoms with Gasteiger partial charge in [0.15, 0.2) is 0 Å². The maximum absolute atomic E-state index is 12.3. The van der Waals surface area contributed by atoms with Crippen LogP contribution in [0.2, 0.25) is 0 Å². The Bertz CT molecular complexity index is 440. The third kappa shape index (κ3) is 3.68. The lowest BCUT2D eigenvalue weighted by Gasteiger charge is -2.29. The summed E-state index contributed by atoms with van der Waals surface area (Å²) in [7, 11) is 0. The van der Waals surface area contributed by atoms with E-state index in [2.05, 4.69) is 13.8 Å². The third-order valence-corrected chi connectivity index (χ3v) is 3.83. The Balaban J connectivity index is 2.87. The Morgan fingerprint density at radius 3 is 2.50 bits per heavy atom. The molecule has 3 amide bonds. The molecular weight excluding hydrogens is 256 g/mol. The van der Waals surface area contributed by atoms with Gasteiger partial charge in [-0.2, -0.15) is 0 Å². The third-order valence-electron chi connectivity index (χ3n) is 3.83. The molecule has 1 heterocycles. The van der Waals surface area contributed by atoms with Crippen molar-refractivity contribution in [1.82, 2.24) is 4.90 Å². The molecule has 0 spiro atoms. The monoisotopic (exact) mass is 280 g/mol. The van der Waals surface area contributed by atoms with Gasteiger partial charge in [0.2, 0.25) is 5.91 Å². The van der Waals surface area contributed by atoms with E-state index in [9.17, 15) is 14.4 Å². The molecule has 2 N–H and O–H groups in total. The number of hydrogen-bond acceptors (Lipinski definition) is 3. The van der Waals surface area contributed by atoms with Crippen LogP contribution in [0.1, 0.15) is 52.9 Å². The Morgan fingerprint density at radius 1 is 1.35 bits per heavy atom. The van der Waals surface area contributed by atoms with Crippen LogP contribution in [0.25, 0.3) is 0 Å². The molecule has 0 fully saturated rings. The van der Waals surface area contributed by atoms with Crippen LogP contribution < -0.4 is 5.73 Å². The Morgan fingerprint density at radius 2 is 2.00 bits per heavy atom. The molecular formula is C15H24N2O3. The number of primary amides is 1. The number of unbranched alkanes of at least 4 members (excludes halogenated alkanes) is 1. The summed E-state index contributed by atoms with van der Waals surface area (Å²) in [4.78, 5) is 36.9. The zero-order valence-electron chi connectivity index (χ0n) is 12.6. The van der Waals surface area contributed by atoms with Crippen LogP contribution in [-0.4, -0.2) is 29.2 Å². The summed E-state index contributed by atoms with van der Waals surface area (Å²) >= 11 is 0. The highest BCUT2D eigenvalue weighted by Gasteiger charge is 2.34. The summed E-state index contributed by atoms with van der Waals surface area (Å²) < 4.78 is 0. The van der Waals surface area contributed by atoms with Gasteiger partial charge in [-0.3, -0.25) is 19.3 Å². The number of carbonyl (C=O) groups is 3. The maximum atomic E-state index is 12.3. The number of imide groups is 1. The minimum Gasteiger partial charge on any atom is -0.365 e. The van der Waals surface area contributed by atoms with Gasteiger partial charge < -0.3 is 5.73 Å². The first-order valence-corrected chi connectivity index (χ1v) is 7.26. The molecule has 112 valence electrons. The average molecular weight is 280 g/mol. The van der Waals surface area contributed by atoms with Crippen molar-refractivity contribution in [2.75, 3.05) is 6.54 Å². The van der Waals surface area contributed by atoms with Crippen molar-refractivity contribution in [3.63, 3.8) is 0 Å². The molecule has 1 aliphatic heterocycles. The topological polar surface area (TPSA) is 80.5 Å². The standard InChI is InChI=1S/C15H24N2O3/c1-4-6-7-11(5-2)9-17-12(18)8-10(3)13(14(16)19)15(17)20/h11H,4-9H2,1-3H3,(H2,16,19). The lowest BCUT2D eigenvalue weighted by molar-refractivity contribution is -0.144. The van der Waals surface area contributed by atoms with E-state index in [1.165, 1.54) is 4.90 Å². The second kappa shape index (κ2) is 7.22. The quantitative estimate of drug-likeness (QED) is 0.570. The smallest absolute Gasteiger partial charge is 0.266 e. The van der Waals surface area contributed by atoms with Crippen LogP contribution in [0, 0.1) is 5.92 Å². The fraction of sp³-hybridized carbons (Fsp3) is 0.667. The zero-order chi connectivity index (χ0) is 15.3. The lowest BCUT2D eigenvalue weighted by Crippen LogP contribution is -2.46. The van der Waals surface area contributed by atoms with Crippen molar-refractivity contribution in [2.24, 2.45) is 11.7 Å². The molecule has 5 heteroatoms. The fourth-order valence-electron chi connectivity index (χ4n) is 2.52. The Hall–Kier alpha value is -1.65. The summed E-state index contributed by atoms with van der Waals surface area (Å²) in [6.07, 6.45) is 4.16. The van der Waals surface area contributed by atoms with E-state index in [0.29, 0.717) is 12.1 Å². The molecule has 1 rings (SSSR count). The predicted octanol–water partition coefficient (Wildman–Crippen LogP) is 1.76. The van der Waals surface area contributed by atoms with E-state index in [0.717, 1.165) is 25.7 Å². The van der Waals surface area contributed by atoms with Gasteiger partial charge in [-0.05, 0) is 24.8 Å². The van der Waals surface area contributed by atoms with Crippen molar-refractivity contribution < 1.29 is 14.4 Å². The van der Waals surface area contributed by atoms with Gasteiger partial charge in [0.05, 0.1) is 0 Å². The van der Waals surface area contributed by atoms with E-state index < -0.39 is 11.8 Å². The van der Waals surface area contributed by atoms with Crippen LogP contribution in [0.4, 0.5) is 0 Å². The van der Waals surface area contributed by atoms with Gasteiger partial charge in [-0.25, -0.2) is 0 Å².